The minimum atomic E-state index is -1.15. The first kappa shape index (κ1) is 21.9. The molecule has 2 N–H and O–H groups in total. The van der Waals surface area contributed by atoms with E-state index in [1.54, 1.807) is 32.7 Å². The summed E-state index contributed by atoms with van der Waals surface area (Å²) in [5.41, 5.74) is 2.91. The van der Waals surface area contributed by atoms with Gasteiger partial charge in [-0.15, -0.1) is 0 Å². The van der Waals surface area contributed by atoms with Crippen LogP contribution in [-0.2, 0) is 11.3 Å². The number of carbonyl (C=O) groups is 2. The van der Waals surface area contributed by atoms with Gasteiger partial charge in [-0.1, -0.05) is 6.07 Å². The number of aromatic nitrogens is 4. The molecule has 2 aromatic heterocycles. The molecule has 0 radical (unpaired) electrons. The summed E-state index contributed by atoms with van der Waals surface area (Å²) >= 11 is 0. The fraction of sp³-hybridized carbons (Fsp3) is 0.333. The van der Waals surface area contributed by atoms with Gasteiger partial charge in [0.25, 0.3) is 0 Å². The summed E-state index contributed by atoms with van der Waals surface area (Å²) in [7, 11) is 3.16. The number of hydrogen-bond donors (Lipinski definition) is 2. The lowest BCUT2D eigenvalue weighted by atomic mass is 10.2. The first-order valence-electron chi connectivity index (χ1n) is 9.59. The molecule has 31 heavy (non-hydrogen) atoms. The quantitative estimate of drug-likeness (QED) is 0.567. The zero-order chi connectivity index (χ0) is 22.7. The highest BCUT2D eigenvalue weighted by atomic mass is 16.5. The van der Waals surface area contributed by atoms with Gasteiger partial charge in [-0.25, -0.2) is 9.48 Å². The molecule has 0 aliphatic carbocycles. The van der Waals surface area contributed by atoms with Gasteiger partial charge in [0.2, 0.25) is 5.91 Å². The maximum atomic E-state index is 12.8. The Kier molecular flexibility index (Phi) is 6.28. The first-order valence-corrected chi connectivity index (χ1v) is 9.59. The molecule has 0 saturated heterocycles. The zero-order valence-electron chi connectivity index (χ0n) is 18.0. The van der Waals surface area contributed by atoms with Crippen molar-refractivity contribution in [3.8, 4) is 11.5 Å². The van der Waals surface area contributed by atoms with E-state index in [1.165, 1.54) is 16.9 Å². The molecule has 2 heterocycles. The monoisotopic (exact) mass is 427 g/mol. The van der Waals surface area contributed by atoms with Crippen LogP contribution in [0, 0.1) is 13.8 Å². The van der Waals surface area contributed by atoms with Crippen LogP contribution in [0.25, 0.3) is 0 Å². The average Bonchev–Trinajstić information content (AvgIpc) is 3.34. The lowest BCUT2D eigenvalue weighted by molar-refractivity contribution is -0.119. The summed E-state index contributed by atoms with van der Waals surface area (Å²) in [6.07, 6.45) is 1.35. The van der Waals surface area contributed by atoms with Crippen LogP contribution in [0.5, 0.6) is 11.5 Å². The van der Waals surface area contributed by atoms with Crippen molar-refractivity contribution in [2.75, 3.05) is 19.5 Å². The molecule has 0 spiro atoms. The predicted octanol–water partition coefficient (Wildman–Crippen LogP) is 2.66. The molecule has 1 aromatic carbocycles. The van der Waals surface area contributed by atoms with Gasteiger partial charge < -0.3 is 19.9 Å². The van der Waals surface area contributed by atoms with E-state index in [0.29, 0.717) is 29.4 Å². The highest BCUT2D eigenvalue weighted by Gasteiger charge is 2.23. The van der Waals surface area contributed by atoms with E-state index < -0.39 is 12.0 Å². The number of aromatic carboxylic acids is 1. The van der Waals surface area contributed by atoms with E-state index >= 15 is 0 Å². The van der Waals surface area contributed by atoms with Gasteiger partial charge in [0.05, 0.1) is 37.8 Å². The fourth-order valence-corrected chi connectivity index (χ4v) is 3.31. The van der Waals surface area contributed by atoms with Crippen molar-refractivity contribution in [3.63, 3.8) is 0 Å². The number of nitrogens with zero attached hydrogens (tertiary/aromatic N) is 4. The number of nitrogens with one attached hydrogen (secondary N) is 1. The standard InChI is InChI=1S/C21H25N5O5/c1-12-19(23-20(27)14(3)26-16(21(28)29)8-9-22-26)13(2)25(24-12)11-15-6-7-17(30-4)18(10-15)31-5/h6-10,14H,11H2,1-5H3,(H,23,27)(H,28,29). The molecule has 1 atom stereocenters. The Balaban J connectivity index is 1.81. The second kappa shape index (κ2) is 8.90. The van der Waals surface area contributed by atoms with E-state index in [-0.39, 0.29) is 11.6 Å². The number of ether oxygens (including phenoxy) is 2. The molecule has 1 amide bonds. The molecule has 0 aliphatic rings. The second-order valence-corrected chi connectivity index (χ2v) is 7.02. The third kappa shape index (κ3) is 4.37. The second-order valence-electron chi connectivity index (χ2n) is 7.02. The SMILES string of the molecule is COc1ccc(Cn2nc(C)c(NC(=O)C(C)n3nccc3C(=O)O)c2C)cc1OC. The fourth-order valence-electron chi connectivity index (χ4n) is 3.31. The van der Waals surface area contributed by atoms with E-state index in [0.717, 1.165) is 11.3 Å². The van der Waals surface area contributed by atoms with Gasteiger partial charge in [0.15, 0.2) is 11.5 Å². The first-order chi connectivity index (χ1) is 14.8. The maximum Gasteiger partial charge on any atom is 0.354 e. The van der Waals surface area contributed by atoms with Gasteiger partial charge in [-0.3, -0.25) is 9.48 Å². The number of carboxylic acid groups (broad SMARTS) is 1. The minimum absolute atomic E-state index is 0.0553. The van der Waals surface area contributed by atoms with Gasteiger partial charge in [-0.2, -0.15) is 10.2 Å². The van der Waals surface area contributed by atoms with Crippen molar-refractivity contribution in [1.82, 2.24) is 19.6 Å². The Bertz CT molecular complexity index is 1120. The van der Waals surface area contributed by atoms with Gasteiger partial charge in [0, 0.05) is 6.20 Å². The van der Waals surface area contributed by atoms with Gasteiger partial charge >= 0.3 is 5.97 Å². The van der Waals surface area contributed by atoms with Crippen LogP contribution in [0.2, 0.25) is 0 Å². The largest absolute Gasteiger partial charge is 0.493 e. The summed E-state index contributed by atoms with van der Waals surface area (Å²) in [6, 6.07) is 6.16. The number of anilines is 1. The number of rotatable bonds is 8. The van der Waals surface area contributed by atoms with Gasteiger partial charge in [-0.05, 0) is 44.5 Å². The third-order valence-electron chi connectivity index (χ3n) is 5.05. The molecule has 1 unspecified atom stereocenters. The molecule has 10 nitrogen and oxygen atoms in total. The molecule has 164 valence electrons. The summed E-state index contributed by atoms with van der Waals surface area (Å²) in [5.74, 6) is -0.270. The summed E-state index contributed by atoms with van der Waals surface area (Å²) in [4.78, 5) is 24.1. The highest BCUT2D eigenvalue weighted by molar-refractivity contribution is 5.95. The van der Waals surface area contributed by atoms with Crippen molar-refractivity contribution >= 4 is 17.6 Å². The molecule has 3 rings (SSSR count). The van der Waals surface area contributed by atoms with Crippen molar-refractivity contribution in [3.05, 3.63) is 53.1 Å². The normalized spacial score (nSPS) is 11.8. The van der Waals surface area contributed by atoms with Crippen molar-refractivity contribution in [2.45, 2.75) is 33.4 Å². The number of benzene rings is 1. The molecule has 0 aliphatic heterocycles. The molecular formula is C21H25N5O5. The van der Waals surface area contributed by atoms with E-state index in [4.69, 9.17) is 9.47 Å². The van der Waals surface area contributed by atoms with E-state index in [1.807, 2.05) is 25.1 Å². The molecular weight excluding hydrogens is 402 g/mol. The number of amides is 1. The van der Waals surface area contributed by atoms with Crippen molar-refractivity contribution < 1.29 is 24.2 Å². The lowest BCUT2D eigenvalue weighted by Crippen LogP contribution is -2.27. The van der Waals surface area contributed by atoms with E-state index in [9.17, 15) is 14.7 Å². The lowest BCUT2D eigenvalue weighted by Gasteiger charge is -2.15. The van der Waals surface area contributed by atoms with Crippen LogP contribution >= 0.6 is 0 Å². The van der Waals surface area contributed by atoms with Crippen LogP contribution in [0.4, 0.5) is 5.69 Å². The highest BCUT2D eigenvalue weighted by Crippen LogP contribution is 2.29. The van der Waals surface area contributed by atoms with Crippen LogP contribution in [0.3, 0.4) is 0 Å². The molecule has 0 fully saturated rings. The number of methoxy groups -OCH3 is 2. The Labute approximate surface area is 179 Å². The number of carboxylic acids is 1. The zero-order valence-corrected chi connectivity index (χ0v) is 18.0. The Morgan fingerprint density at radius 3 is 2.52 bits per heavy atom. The van der Waals surface area contributed by atoms with Crippen LogP contribution in [-0.4, -0.2) is 50.8 Å². The summed E-state index contributed by atoms with van der Waals surface area (Å²) in [5, 5.41) is 20.6. The Morgan fingerprint density at radius 2 is 1.87 bits per heavy atom. The number of carbonyl (C=O) groups excluding carboxylic acids is 1. The van der Waals surface area contributed by atoms with Gasteiger partial charge in [0.1, 0.15) is 11.7 Å². The molecule has 0 saturated carbocycles. The van der Waals surface area contributed by atoms with Crippen LogP contribution < -0.4 is 14.8 Å². The smallest absolute Gasteiger partial charge is 0.354 e. The maximum absolute atomic E-state index is 12.8. The topological polar surface area (TPSA) is 120 Å². The Morgan fingerprint density at radius 1 is 1.16 bits per heavy atom. The van der Waals surface area contributed by atoms with Crippen LogP contribution in [0.1, 0.15) is 40.4 Å². The Hall–Kier alpha value is -3.82. The summed E-state index contributed by atoms with van der Waals surface area (Å²) in [6.45, 7) is 5.72. The average molecular weight is 427 g/mol. The molecule has 3 aromatic rings. The number of hydrogen-bond acceptors (Lipinski definition) is 6. The summed E-state index contributed by atoms with van der Waals surface area (Å²) < 4.78 is 13.6. The molecule has 10 heteroatoms. The molecule has 0 bridgehead atoms. The minimum Gasteiger partial charge on any atom is -0.493 e. The van der Waals surface area contributed by atoms with Crippen molar-refractivity contribution in [2.24, 2.45) is 0 Å². The third-order valence-corrected chi connectivity index (χ3v) is 5.05. The number of aryl methyl sites for hydroxylation is 1. The van der Waals surface area contributed by atoms with E-state index in [2.05, 4.69) is 15.5 Å². The predicted molar refractivity (Wildman–Crippen MR) is 113 cm³/mol. The van der Waals surface area contributed by atoms with Crippen LogP contribution in [0.15, 0.2) is 30.5 Å². The van der Waals surface area contributed by atoms with Crippen molar-refractivity contribution in [1.29, 1.82) is 0 Å².